The molecule has 0 radical (unpaired) electrons. The lowest BCUT2D eigenvalue weighted by Crippen LogP contribution is -2.30. The number of rotatable bonds is 5. The Bertz CT molecular complexity index is 745. The summed E-state index contributed by atoms with van der Waals surface area (Å²) in [5.74, 6) is 0.678. The van der Waals surface area contributed by atoms with Crippen LogP contribution in [0.5, 0.6) is 0 Å². The average Bonchev–Trinajstić information content (AvgIpc) is 3.02. The molecule has 0 saturated carbocycles. The fraction of sp³-hybridized carbons (Fsp3) is 0.250. The van der Waals surface area contributed by atoms with Gasteiger partial charge in [-0.3, -0.25) is 0 Å². The standard InChI is InChI=1S/C20H22N2O/c1-15(2)22(19-7-5-4-6-8-19)13-18-14-23-20(21-18)17-11-9-16(3)10-12-17/h4-12,14-15H,13H2,1-3H3. The van der Waals surface area contributed by atoms with Gasteiger partial charge in [-0.25, -0.2) is 4.98 Å². The molecule has 1 heterocycles. The van der Waals surface area contributed by atoms with E-state index < -0.39 is 0 Å². The van der Waals surface area contributed by atoms with Crippen LogP contribution >= 0.6 is 0 Å². The minimum Gasteiger partial charge on any atom is -0.444 e. The van der Waals surface area contributed by atoms with Crippen LogP contribution in [0.4, 0.5) is 5.69 Å². The van der Waals surface area contributed by atoms with Gasteiger partial charge in [-0.2, -0.15) is 0 Å². The zero-order valence-electron chi connectivity index (χ0n) is 13.9. The molecule has 3 aromatic rings. The summed E-state index contributed by atoms with van der Waals surface area (Å²) in [6, 6.07) is 19.0. The van der Waals surface area contributed by atoms with Gasteiger partial charge < -0.3 is 9.32 Å². The van der Waals surface area contributed by atoms with Gasteiger partial charge in [0, 0.05) is 17.3 Å². The molecule has 0 atom stereocenters. The van der Waals surface area contributed by atoms with E-state index in [1.807, 2.05) is 18.2 Å². The van der Waals surface area contributed by atoms with Gasteiger partial charge in [0.1, 0.15) is 6.26 Å². The second-order valence-corrected chi connectivity index (χ2v) is 6.07. The van der Waals surface area contributed by atoms with E-state index in [9.17, 15) is 0 Å². The molecule has 2 aromatic carbocycles. The van der Waals surface area contributed by atoms with Crippen LogP contribution in [-0.2, 0) is 6.54 Å². The molecule has 3 heteroatoms. The molecule has 0 saturated heterocycles. The van der Waals surface area contributed by atoms with Gasteiger partial charge in [-0.1, -0.05) is 35.9 Å². The van der Waals surface area contributed by atoms with Crippen molar-refractivity contribution in [3.8, 4) is 11.5 Å². The Morgan fingerprint density at radius 3 is 2.35 bits per heavy atom. The number of anilines is 1. The molecule has 0 fully saturated rings. The molecular weight excluding hydrogens is 284 g/mol. The quantitative estimate of drug-likeness (QED) is 0.659. The average molecular weight is 306 g/mol. The maximum atomic E-state index is 5.67. The zero-order valence-corrected chi connectivity index (χ0v) is 13.9. The summed E-state index contributed by atoms with van der Waals surface area (Å²) >= 11 is 0. The first-order valence-electron chi connectivity index (χ1n) is 7.96. The Morgan fingerprint density at radius 1 is 1.00 bits per heavy atom. The number of para-hydroxylation sites is 1. The van der Waals surface area contributed by atoms with Gasteiger partial charge in [-0.05, 0) is 45.0 Å². The summed E-state index contributed by atoms with van der Waals surface area (Å²) in [6.45, 7) is 7.18. The molecule has 0 aliphatic heterocycles. The van der Waals surface area contributed by atoms with Gasteiger partial charge >= 0.3 is 0 Å². The van der Waals surface area contributed by atoms with E-state index >= 15 is 0 Å². The lowest BCUT2D eigenvalue weighted by Gasteiger charge is -2.28. The highest BCUT2D eigenvalue weighted by Crippen LogP contribution is 2.23. The number of hydrogen-bond acceptors (Lipinski definition) is 3. The number of oxazole rings is 1. The molecule has 1 aromatic heterocycles. The van der Waals surface area contributed by atoms with E-state index in [4.69, 9.17) is 4.42 Å². The first kappa shape index (κ1) is 15.3. The minimum absolute atomic E-state index is 0.386. The highest BCUT2D eigenvalue weighted by Gasteiger charge is 2.14. The van der Waals surface area contributed by atoms with Gasteiger partial charge in [0.2, 0.25) is 5.89 Å². The van der Waals surface area contributed by atoms with Gasteiger partial charge in [0.25, 0.3) is 0 Å². The van der Waals surface area contributed by atoms with Crippen LogP contribution in [0.15, 0.2) is 65.3 Å². The van der Waals surface area contributed by atoms with Crippen molar-refractivity contribution in [1.82, 2.24) is 4.98 Å². The van der Waals surface area contributed by atoms with Crippen LogP contribution in [0.2, 0.25) is 0 Å². The second-order valence-electron chi connectivity index (χ2n) is 6.07. The summed E-state index contributed by atoms with van der Waals surface area (Å²) in [4.78, 5) is 6.97. The van der Waals surface area contributed by atoms with E-state index in [1.165, 1.54) is 11.3 Å². The molecule has 0 bridgehead atoms. The summed E-state index contributed by atoms with van der Waals surface area (Å²) in [6.07, 6.45) is 1.76. The third-order valence-electron chi connectivity index (χ3n) is 3.89. The molecular formula is C20H22N2O. The fourth-order valence-electron chi connectivity index (χ4n) is 2.57. The SMILES string of the molecule is Cc1ccc(-c2nc(CN(c3ccccc3)C(C)C)co2)cc1. The maximum Gasteiger partial charge on any atom is 0.226 e. The lowest BCUT2D eigenvalue weighted by molar-refractivity contribution is 0.571. The Balaban J connectivity index is 1.81. The minimum atomic E-state index is 0.386. The van der Waals surface area contributed by atoms with E-state index in [-0.39, 0.29) is 0 Å². The predicted octanol–water partition coefficient (Wildman–Crippen LogP) is 5.07. The molecule has 3 rings (SSSR count). The van der Waals surface area contributed by atoms with Crippen molar-refractivity contribution >= 4 is 5.69 Å². The van der Waals surface area contributed by atoms with Crippen LogP contribution < -0.4 is 4.90 Å². The van der Waals surface area contributed by atoms with Gasteiger partial charge in [0.05, 0.1) is 12.2 Å². The van der Waals surface area contributed by atoms with Crippen molar-refractivity contribution in [3.63, 3.8) is 0 Å². The van der Waals surface area contributed by atoms with Crippen LogP contribution in [0.1, 0.15) is 25.1 Å². The van der Waals surface area contributed by atoms with Crippen LogP contribution in [-0.4, -0.2) is 11.0 Å². The fourth-order valence-corrected chi connectivity index (χ4v) is 2.57. The molecule has 23 heavy (non-hydrogen) atoms. The zero-order chi connectivity index (χ0) is 16.2. The number of nitrogens with zero attached hydrogens (tertiary/aromatic N) is 2. The van der Waals surface area contributed by atoms with Crippen LogP contribution in [0.3, 0.4) is 0 Å². The molecule has 0 spiro atoms. The normalized spacial score (nSPS) is 11.0. The number of aromatic nitrogens is 1. The van der Waals surface area contributed by atoms with Crippen molar-refractivity contribution in [1.29, 1.82) is 0 Å². The predicted molar refractivity (Wildman–Crippen MR) is 94.4 cm³/mol. The van der Waals surface area contributed by atoms with E-state index in [2.05, 4.69) is 67.1 Å². The second kappa shape index (κ2) is 6.69. The third-order valence-corrected chi connectivity index (χ3v) is 3.89. The van der Waals surface area contributed by atoms with Gasteiger partial charge in [-0.15, -0.1) is 0 Å². The maximum absolute atomic E-state index is 5.67. The van der Waals surface area contributed by atoms with Crippen LogP contribution in [0, 0.1) is 6.92 Å². The molecule has 0 amide bonds. The number of benzene rings is 2. The third kappa shape index (κ3) is 3.62. The van der Waals surface area contributed by atoms with E-state index in [0.717, 1.165) is 17.8 Å². The monoisotopic (exact) mass is 306 g/mol. The molecule has 0 unspecified atom stereocenters. The smallest absolute Gasteiger partial charge is 0.226 e. The summed E-state index contributed by atoms with van der Waals surface area (Å²) in [5.41, 5.74) is 4.38. The van der Waals surface area contributed by atoms with Crippen molar-refractivity contribution in [3.05, 3.63) is 72.1 Å². The van der Waals surface area contributed by atoms with Gasteiger partial charge in [0.15, 0.2) is 0 Å². The molecule has 0 aliphatic rings. The Labute approximate surface area is 137 Å². The molecule has 0 aliphatic carbocycles. The summed E-state index contributed by atoms with van der Waals surface area (Å²) in [5, 5.41) is 0. The first-order valence-corrected chi connectivity index (χ1v) is 7.96. The molecule has 118 valence electrons. The van der Waals surface area contributed by atoms with Crippen molar-refractivity contribution in [2.75, 3.05) is 4.90 Å². The Kier molecular flexibility index (Phi) is 4.47. The van der Waals surface area contributed by atoms with Crippen LogP contribution in [0.25, 0.3) is 11.5 Å². The van der Waals surface area contributed by atoms with Crippen molar-refractivity contribution in [2.24, 2.45) is 0 Å². The number of hydrogen-bond donors (Lipinski definition) is 0. The number of aryl methyl sites for hydroxylation is 1. The van der Waals surface area contributed by atoms with E-state index in [1.54, 1.807) is 6.26 Å². The summed E-state index contributed by atoms with van der Waals surface area (Å²) < 4.78 is 5.67. The summed E-state index contributed by atoms with van der Waals surface area (Å²) in [7, 11) is 0. The first-order chi connectivity index (χ1) is 11.1. The Hall–Kier alpha value is -2.55. The molecule has 0 N–H and O–H groups in total. The molecule has 3 nitrogen and oxygen atoms in total. The Morgan fingerprint density at radius 2 is 1.70 bits per heavy atom. The lowest BCUT2D eigenvalue weighted by atomic mass is 10.1. The topological polar surface area (TPSA) is 29.3 Å². The highest BCUT2D eigenvalue weighted by molar-refractivity contribution is 5.54. The largest absolute Gasteiger partial charge is 0.444 e. The van der Waals surface area contributed by atoms with Crippen molar-refractivity contribution < 1.29 is 4.42 Å². The highest BCUT2D eigenvalue weighted by atomic mass is 16.3. The van der Waals surface area contributed by atoms with E-state index in [0.29, 0.717) is 11.9 Å². The van der Waals surface area contributed by atoms with Crippen molar-refractivity contribution in [2.45, 2.75) is 33.4 Å².